The summed E-state index contributed by atoms with van der Waals surface area (Å²) in [6.07, 6.45) is 2.13. The van der Waals surface area contributed by atoms with E-state index in [1.165, 1.54) is 4.88 Å². The molecule has 25 heavy (non-hydrogen) atoms. The van der Waals surface area contributed by atoms with Crippen LogP contribution >= 0.6 is 11.3 Å². The van der Waals surface area contributed by atoms with Gasteiger partial charge in [-0.25, -0.2) is 0 Å². The highest BCUT2D eigenvalue weighted by Gasteiger charge is 2.26. The van der Waals surface area contributed by atoms with Gasteiger partial charge in [0.1, 0.15) is 11.5 Å². The Kier molecular flexibility index (Phi) is 6.30. The summed E-state index contributed by atoms with van der Waals surface area (Å²) < 4.78 is 10.8. The lowest BCUT2D eigenvalue weighted by Crippen LogP contribution is -2.49. The van der Waals surface area contributed by atoms with E-state index in [2.05, 4.69) is 11.4 Å². The van der Waals surface area contributed by atoms with E-state index < -0.39 is 0 Å². The highest BCUT2D eigenvalue weighted by atomic mass is 32.1. The van der Waals surface area contributed by atoms with Crippen molar-refractivity contribution < 1.29 is 14.3 Å². The number of ether oxygens (including phenoxy) is 2. The van der Waals surface area contributed by atoms with Crippen molar-refractivity contribution in [1.29, 1.82) is 0 Å². The Balaban J connectivity index is 1.62. The molecule has 0 saturated carbocycles. The van der Waals surface area contributed by atoms with Gasteiger partial charge in [-0.2, -0.15) is 0 Å². The van der Waals surface area contributed by atoms with Gasteiger partial charge in [0.2, 0.25) is 0 Å². The van der Waals surface area contributed by atoms with Gasteiger partial charge in [-0.1, -0.05) is 6.07 Å². The Morgan fingerprint density at radius 1 is 1.28 bits per heavy atom. The first kappa shape index (κ1) is 17.8. The van der Waals surface area contributed by atoms with Crippen LogP contribution in [0.5, 0.6) is 11.5 Å². The van der Waals surface area contributed by atoms with E-state index in [1.807, 2.05) is 40.6 Å². The summed E-state index contributed by atoms with van der Waals surface area (Å²) in [7, 11) is 1.63. The quantitative estimate of drug-likeness (QED) is 0.825. The predicted molar refractivity (Wildman–Crippen MR) is 99.2 cm³/mol. The summed E-state index contributed by atoms with van der Waals surface area (Å²) in [5.41, 5.74) is 0. The number of nitrogens with zero attached hydrogens (tertiary/aromatic N) is 1. The van der Waals surface area contributed by atoms with Gasteiger partial charge in [0.15, 0.2) is 6.61 Å². The number of rotatable bonds is 7. The third-order valence-electron chi connectivity index (χ3n) is 4.36. The van der Waals surface area contributed by atoms with E-state index in [9.17, 15) is 4.79 Å². The fourth-order valence-electron chi connectivity index (χ4n) is 2.99. The molecule has 3 rings (SSSR count). The van der Waals surface area contributed by atoms with Crippen LogP contribution < -0.4 is 14.8 Å². The van der Waals surface area contributed by atoms with Crippen molar-refractivity contribution in [2.75, 3.05) is 26.8 Å². The van der Waals surface area contributed by atoms with Crippen LogP contribution in [0.4, 0.5) is 0 Å². The van der Waals surface area contributed by atoms with Crippen LogP contribution in [0, 0.1) is 0 Å². The number of carbonyl (C=O) groups excluding carboxylic acids is 1. The van der Waals surface area contributed by atoms with E-state index in [0.29, 0.717) is 12.3 Å². The van der Waals surface area contributed by atoms with Gasteiger partial charge in [-0.05, 0) is 55.1 Å². The first-order valence-electron chi connectivity index (χ1n) is 8.55. The number of nitrogens with one attached hydrogen (secondary N) is 1. The summed E-state index contributed by atoms with van der Waals surface area (Å²) in [4.78, 5) is 16.0. The summed E-state index contributed by atoms with van der Waals surface area (Å²) in [6, 6.07) is 11.6. The second-order valence-corrected chi connectivity index (χ2v) is 7.10. The molecule has 1 atom stereocenters. The van der Waals surface area contributed by atoms with E-state index in [0.717, 1.165) is 31.7 Å². The topological polar surface area (TPSA) is 50.8 Å². The molecule has 0 aliphatic carbocycles. The fraction of sp³-hybridized carbons (Fsp3) is 0.421. The van der Waals surface area contributed by atoms with Gasteiger partial charge in [0.05, 0.1) is 13.7 Å². The zero-order valence-electron chi connectivity index (χ0n) is 14.4. The summed E-state index contributed by atoms with van der Waals surface area (Å²) in [5.74, 6) is 1.47. The van der Waals surface area contributed by atoms with Gasteiger partial charge in [0.25, 0.3) is 5.91 Å². The third kappa shape index (κ3) is 4.96. The zero-order chi connectivity index (χ0) is 17.5. The molecule has 2 heterocycles. The van der Waals surface area contributed by atoms with Crippen molar-refractivity contribution in [3.63, 3.8) is 0 Å². The third-order valence-corrected chi connectivity index (χ3v) is 5.22. The van der Waals surface area contributed by atoms with Crippen molar-refractivity contribution in [2.45, 2.75) is 25.4 Å². The van der Waals surface area contributed by atoms with Crippen LogP contribution in [0.1, 0.15) is 17.7 Å². The minimum atomic E-state index is 0.0259. The first-order chi connectivity index (χ1) is 12.3. The molecular formula is C19H24N2O3S. The molecule has 1 N–H and O–H groups in total. The summed E-state index contributed by atoms with van der Waals surface area (Å²) in [6.45, 7) is 2.57. The number of thiophene rings is 1. The van der Waals surface area contributed by atoms with Crippen LogP contribution in [0.3, 0.4) is 0 Å². The molecule has 1 aliphatic heterocycles. The number of benzene rings is 1. The van der Waals surface area contributed by atoms with Gasteiger partial charge in [-0.3, -0.25) is 4.79 Å². The van der Waals surface area contributed by atoms with E-state index in [-0.39, 0.29) is 18.6 Å². The monoisotopic (exact) mass is 360 g/mol. The minimum absolute atomic E-state index is 0.0259. The minimum Gasteiger partial charge on any atom is -0.497 e. The Labute approximate surface area is 152 Å². The van der Waals surface area contributed by atoms with Gasteiger partial charge < -0.3 is 19.7 Å². The van der Waals surface area contributed by atoms with E-state index in [1.54, 1.807) is 18.4 Å². The van der Waals surface area contributed by atoms with Gasteiger partial charge in [0, 0.05) is 17.5 Å². The standard InChI is InChI=1S/C19H24N2O3S/c1-23-16-6-8-17(9-7-16)24-14-19(22)21(13-18-5-3-11-25-18)15-4-2-10-20-12-15/h3,5-9,11,15,20H,2,4,10,12-14H2,1H3. The Morgan fingerprint density at radius 2 is 2.08 bits per heavy atom. The Morgan fingerprint density at radius 3 is 2.72 bits per heavy atom. The smallest absolute Gasteiger partial charge is 0.261 e. The van der Waals surface area contributed by atoms with Crippen molar-refractivity contribution in [3.05, 3.63) is 46.7 Å². The lowest BCUT2D eigenvalue weighted by molar-refractivity contribution is -0.136. The normalized spacial score (nSPS) is 17.1. The van der Waals surface area contributed by atoms with E-state index in [4.69, 9.17) is 9.47 Å². The molecule has 134 valence electrons. The lowest BCUT2D eigenvalue weighted by Gasteiger charge is -2.34. The maximum Gasteiger partial charge on any atom is 0.261 e. The molecule has 6 heteroatoms. The summed E-state index contributed by atoms with van der Waals surface area (Å²) in [5, 5.41) is 5.44. The van der Waals surface area contributed by atoms with E-state index >= 15 is 0 Å². The first-order valence-corrected chi connectivity index (χ1v) is 9.43. The number of methoxy groups -OCH3 is 1. The van der Waals surface area contributed by atoms with Crippen LogP contribution in [-0.4, -0.2) is 43.7 Å². The average molecular weight is 360 g/mol. The molecule has 1 saturated heterocycles. The predicted octanol–water partition coefficient (Wildman–Crippen LogP) is 2.92. The molecule has 1 fully saturated rings. The molecule has 2 aromatic rings. The molecular weight excluding hydrogens is 336 g/mol. The molecule has 1 unspecified atom stereocenters. The Bertz CT molecular complexity index is 652. The highest BCUT2D eigenvalue weighted by Crippen LogP contribution is 2.20. The molecule has 1 aliphatic rings. The number of piperidine rings is 1. The van der Waals surface area contributed by atoms with Crippen LogP contribution in [0.15, 0.2) is 41.8 Å². The van der Waals surface area contributed by atoms with Crippen LogP contribution in [0.25, 0.3) is 0 Å². The fourth-order valence-corrected chi connectivity index (χ4v) is 3.69. The molecule has 1 amide bonds. The van der Waals surface area contributed by atoms with Crippen LogP contribution in [0.2, 0.25) is 0 Å². The zero-order valence-corrected chi connectivity index (χ0v) is 15.3. The van der Waals surface area contributed by atoms with Crippen molar-refractivity contribution >= 4 is 17.2 Å². The molecule has 5 nitrogen and oxygen atoms in total. The molecule has 0 bridgehead atoms. The number of hydrogen-bond acceptors (Lipinski definition) is 5. The average Bonchev–Trinajstić information content (AvgIpc) is 3.18. The molecule has 0 radical (unpaired) electrons. The highest BCUT2D eigenvalue weighted by molar-refractivity contribution is 7.09. The lowest BCUT2D eigenvalue weighted by atomic mass is 10.1. The molecule has 1 aromatic carbocycles. The molecule has 0 spiro atoms. The second kappa shape index (κ2) is 8.87. The Hall–Kier alpha value is -2.05. The maximum atomic E-state index is 12.8. The number of hydrogen-bond donors (Lipinski definition) is 1. The van der Waals surface area contributed by atoms with Crippen molar-refractivity contribution in [1.82, 2.24) is 10.2 Å². The van der Waals surface area contributed by atoms with Crippen molar-refractivity contribution in [2.24, 2.45) is 0 Å². The van der Waals surface area contributed by atoms with Gasteiger partial charge in [-0.15, -0.1) is 11.3 Å². The molecule has 1 aromatic heterocycles. The number of carbonyl (C=O) groups is 1. The summed E-state index contributed by atoms with van der Waals surface area (Å²) >= 11 is 1.68. The van der Waals surface area contributed by atoms with Gasteiger partial charge >= 0.3 is 0 Å². The maximum absolute atomic E-state index is 12.8. The second-order valence-electron chi connectivity index (χ2n) is 6.07. The van der Waals surface area contributed by atoms with Crippen LogP contribution in [-0.2, 0) is 11.3 Å². The van der Waals surface area contributed by atoms with Crippen molar-refractivity contribution in [3.8, 4) is 11.5 Å². The largest absolute Gasteiger partial charge is 0.497 e. The number of amides is 1. The SMILES string of the molecule is COc1ccc(OCC(=O)N(Cc2cccs2)C2CCCNC2)cc1.